The SMILES string of the molecule is CCOC(=O)c1sc2ccccc2c1S(=O)(=O)Nc1ccc2c(c1)OCCO2. The van der Waals surface area contributed by atoms with E-state index in [0.29, 0.717) is 40.5 Å². The van der Waals surface area contributed by atoms with Gasteiger partial charge in [0.15, 0.2) is 11.5 Å². The van der Waals surface area contributed by atoms with Crippen LogP contribution in [0.3, 0.4) is 0 Å². The Balaban J connectivity index is 1.77. The lowest BCUT2D eigenvalue weighted by molar-refractivity contribution is 0.0528. The molecule has 0 unspecified atom stereocenters. The number of fused-ring (bicyclic) bond motifs is 2. The van der Waals surface area contributed by atoms with E-state index in [1.807, 2.05) is 0 Å². The summed E-state index contributed by atoms with van der Waals surface area (Å²) < 4.78 is 45.6. The van der Waals surface area contributed by atoms with E-state index < -0.39 is 16.0 Å². The topological polar surface area (TPSA) is 90.9 Å². The standard InChI is InChI=1S/C19H17NO6S2/c1-2-24-19(21)17-18(13-5-3-4-6-16(13)27-17)28(22,23)20-12-7-8-14-15(11-12)26-10-9-25-14/h3-8,11,20H,2,9-10H2,1H3. The Labute approximate surface area is 165 Å². The van der Waals surface area contributed by atoms with Gasteiger partial charge in [-0.15, -0.1) is 11.3 Å². The minimum Gasteiger partial charge on any atom is -0.486 e. The average Bonchev–Trinajstić information content (AvgIpc) is 3.08. The lowest BCUT2D eigenvalue weighted by Crippen LogP contribution is -2.18. The van der Waals surface area contributed by atoms with Crippen LogP contribution in [0.2, 0.25) is 0 Å². The summed E-state index contributed by atoms with van der Waals surface area (Å²) in [6.45, 7) is 2.67. The second kappa shape index (κ2) is 7.33. The maximum Gasteiger partial charge on any atom is 0.349 e. The van der Waals surface area contributed by atoms with Gasteiger partial charge in [-0.05, 0) is 25.1 Å². The van der Waals surface area contributed by atoms with Crippen LogP contribution in [-0.2, 0) is 14.8 Å². The molecule has 0 saturated heterocycles. The van der Waals surface area contributed by atoms with E-state index in [9.17, 15) is 13.2 Å². The van der Waals surface area contributed by atoms with Crippen LogP contribution >= 0.6 is 11.3 Å². The smallest absolute Gasteiger partial charge is 0.349 e. The summed E-state index contributed by atoms with van der Waals surface area (Å²) in [5.74, 6) is 0.362. The number of sulfonamides is 1. The fourth-order valence-corrected chi connectivity index (χ4v) is 5.78. The van der Waals surface area contributed by atoms with Crippen molar-refractivity contribution >= 4 is 43.1 Å². The van der Waals surface area contributed by atoms with E-state index in [2.05, 4.69) is 4.72 Å². The first kappa shape index (κ1) is 18.6. The van der Waals surface area contributed by atoms with Gasteiger partial charge in [-0.2, -0.15) is 0 Å². The van der Waals surface area contributed by atoms with E-state index in [0.717, 1.165) is 11.3 Å². The van der Waals surface area contributed by atoms with E-state index in [4.69, 9.17) is 14.2 Å². The molecular weight excluding hydrogens is 402 g/mol. The van der Waals surface area contributed by atoms with Crippen molar-refractivity contribution in [1.29, 1.82) is 0 Å². The average molecular weight is 419 g/mol. The number of carbonyl (C=O) groups is 1. The Kier molecular flexibility index (Phi) is 4.86. The number of esters is 1. The zero-order chi connectivity index (χ0) is 19.7. The highest BCUT2D eigenvalue weighted by Gasteiger charge is 2.29. The molecule has 0 saturated carbocycles. The molecule has 1 N–H and O–H groups in total. The van der Waals surface area contributed by atoms with Gasteiger partial charge in [-0.25, -0.2) is 13.2 Å². The molecule has 0 amide bonds. The van der Waals surface area contributed by atoms with Crippen molar-refractivity contribution in [3.63, 3.8) is 0 Å². The van der Waals surface area contributed by atoms with Crippen LogP contribution in [0.15, 0.2) is 47.4 Å². The number of hydrogen-bond acceptors (Lipinski definition) is 7. The zero-order valence-corrected chi connectivity index (χ0v) is 16.6. The van der Waals surface area contributed by atoms with Crippen LogP contribution in [0.25, 0.3) is 10.1 Å². The summed E-state index contributed by atoms with van der Waals surface area (Å²) in [6, 6.07) is 11.8. The van der Waals surface area contributed by atoms with Crippen LogP contribution in [0.1, 0.15) is 16.6 Å². The minimum atomic E-state index is -4.05. The normalized spacial score (nSPS) is 13.3. The van der Waals surface area contributed by atoms with Crippen molar-refractivity contribution in [3.8, 4) is 11.5 Å². The van der Waals surface area contributed by atoms with Crippen LogP contribution in [0, 0.1) is 0 Å². The molecule has 1 aliphatic rings. The van der Waals surface area contributed by atoms with Gasteiger partial charge in [-0.3, -0.25) is 4.72 Å². The third-order valence-electron chi connectivity index (χ3n) is 4.07. The monoisotopic (exact) mass is 419 g/mol. The summed E-state index contributed by atoms with van der Waals surface area (Å²) in [6.07, 6.45) is 0. The van der Waals surface area contributed by atoms with Gasteiger partial charge in [0.1, 0.15) is 23.0 Å². The van der Waals surface area contributed by atoms with Gasteiger partial charge in [0, 0.05) is 16.2 Å². The number of anilines is 1. The molecule has 0 aliphatic carbocycles. The van der Waals surface area contributed by atoms with Gasteiger partial charge in [0.05, 0.1) is 12.3 Å². The third-order valence-corrected chi connectivity index (χ3v) is 6.82. The first-order valence-corrected chi connectivity index (χ1v) is 10.9. The predicted molar refractivity (Wildman–Crippen MR) is 106 cm³/mol. The molecule has 146 valence electrons. The Morgan fingerprint density at radius 3 is 2.68 bits per heavy atom. The molecule has 7 nitrogen and oxygen atoms in total. The third kappa shape index (κ3) is 3.38. The largest absolute Gasteiger partial charge is 0.486 e. The molecule has 3 aromatic rings. The highest BCUT2D eigenvalue weighted by atomic mass is 32.2. The van der Waals surface area contributed by atoms with Crippen molar-refractivity contribution in [2.75, 3.05) is 24.5 Å². The second-order valence-corrected chi connectivity index (χ2v) is 8.61. The van der Waals surface area contributed by atoms with Gasteiger partial charge < -0.3 is 14.2 Å². The Bertz CT molecular complexity index is 1150. The van der Waals surface area contributed by atoms with Crippen molar-refractivity contribution in [3.05, 3.63) is 47.3 Å². The van der Waals surface area contributed by atoms with E-state index in [1.54, 1.807) is 49.4 Å². The van der Waals surface area contributed by atoms with Gasteiger partial charge in [0.25, 0.3) is 10.0 Å². The molecule has 1 aromatic heterocycles. The van der Waals surface area contributed by atoms with Crippen molar-refractivity contribution in [2.24, 2.45) is 0 Å². The number of thiophene rings is 1. The van der Waals surface area contributed by atoms with Gasteiger partial charge in [0.2, 0.25) is 0 Å². The number of carbonyl (C=O) groups excluding carboxylic acids is 1. The number of nitrogens with one attached hydrogen (secondary N) is 1. The van der Waals surface area contributed by atoms with Gasteiger partial charge >= 0.3 is 5.97 Å². The minimum absolute atomic E-state index is 0.0492. The highest BCUT2D eigenvalue weighted by molar-refractivity contribution is 7.93. The molecule has 0 fully saturated rings. The summed E-state index contributed by atoms with van der Waals surface area (Å²) in [5.41, 5.74) is 0.314. The summed E-state index contributed by atoms with van der Waals surface area (Å²) in [5, 5.41) is 0.473. The number of hydrogen-bond donors (Lipinski definition) is 1. The molecule has 0 bridgehead atoms. The maximum absolute atomic E-state index is 13.2. The van der Waals surface area contributed by atoms with Crippen molar-refractivity contribution in [1.82, 2.24) is 0 Å². The second-order valence-electron chi connectivity index (χ2n) is 5.94. The summed E-state index contributed by atoms with van der Waals surface area (Å²) in [4.78, 5) is 12.4. The molecule has 0 atom stereocenters. The first-order chi connectivity index (χ1) is 13.5. The Morgan fingerprint density at radius 2 is 1.89 bits per heavy atom. The molecule has 0 radical (unpaired) electrons. The maximum atomic E-state index is 13.2. The fourth-order valence-electron chi connectivity index (χ4n) is 2.93. The van der Waals surface area contributed by atoms with E-state index in [-0.39, 0.29) is 16.4 Å². The number of rotatable bonds is 5. The van der Waals surface area contributed by atoms with Crippen LogP contribution in [0.5, 0.6) is 11.5 Å². The quantitative estimate of drug-likeness (QED) is 0.635. The predicted octanol–water partition coefficient (Wildman–Crippen LogP) is 3.65. The first-order valence-electron chi connectivity index (χ1n) is 8.60. The highest BCUT2D eigenvalue weighted by Crippen LogP contribution is 2.37. The number of benzene rings is 2. The van der Waals surface area contributed by atoms with Crippen molar-refractivity contribution in [2.45, 2.75) is 11.8 Å². The van der Waals surface area contributed by atoms with Crippen LogP contribution in [-0.4, -0.2) is 34.2 Å². The molecule has 9 heteroatoms. The van der Waals surface area contributed by atoms with Crippen molar-refractivity contribution < 1.29 is 27.4 Å². The van der Waals surface area contributed by atoms with Crippen LogP contribution < -0.4 is 14.2 Å². The number of ether oxygens (including phenoxy) is 3. The van der Waals surface area contributed by atoms with E-state index >= 15 is 0 Å². The molecule has 0 spiro atoms. The summed E-state index contributed by atoms with van der Waals surface area (Å²) >= 11 is 1.09. The lowest BCUT2D eigenvalue weighted by atomic mass is 10.2. The molecule has 2 heterocycles. The summed E-state index contributed by atoms with van der Waals surface area (Å²) in [7, 11) is -4.05. The molecule has 4 rings (SSSR count). The zero-order valence-electron chi connectivity index (χ0n) is 14.9. The Morgan fingerprint density at radius 1 is 1.14 bits per heavy atom. The molecular formula is C19H17NO6S2. The molecule has 28 heavy (non-hydrogen) atoms. The van der Waals surface area contributed by atoms with E-state index in [1.165, 1.54) is 0 Å². The lowest BCUT2D eigenvalue weighted by Gasteiger charge is -2.19. The van der Waals surface area contributed by atoms with Gasteiger partial charge in [-0.1, -0.05) is 18.2 Å². The fraction of sp³-hybridized carbons (Fsp3) is 0.211. The van der Waals surface area contributed by atoms with Crippen LogP contribution in [0.4, 0.5) is 5.69 Å². The molecule has 1 aliphatic heterocycles. The molecule has 2 aromatic carbocycles. The Hall–Kier alpha value is -2.78.